The van der Waals surface area contributed by atoms with E-state index in [9.17, 15) is 19.0 Å². The summed E-state index contributed by atoms with van der Waals surface area (Å²) < 4.78 is 36.6. The van der Waals surface area contributed by atoms with Crippen LogP contribution in [0.25, 0.3) is 20.9 Å². The van der Waals surface area contributed by atoms with E-state index in [2.05, 4.69) is 20.1 Å². The number of aliphatic hydroxyl groups excluding tert-OH is 2. The molecule has 0 amide bonds. The molecule has 0 aromatic heterocycles. The second-order valence-electron chi connectivity index (χ2n) is 6.06. The smallest absolute Gasteiger partial charge is 0.123 e. The van der Waals surface area contributed by atoms with E-state index in [1.54, 1.807) is 0 Å². The molecular formula is C18H18F2N6O4. The van der Waals surface area contributed by atoms with Crippen LogP contribution in [0.2, 0.25) is 0 Å². The first-order valence-electron chi connectivity index (χ1n) is 8.66. The minimum atomic E-state index is -1.67. The van der Waals surface area contributed by atoms with Gasteiger partial charge in [0.25, 0.3) is 0 Å². The van der Waals surface area contributed by atoms with Crippen LogP contribution in [-0.4, -0.2) is 47.7 Å². The maximum atomic E-state index is 13.0. The molecule has 0 fully saturated rings. The summed E-state index contributed by atoms with van der Waals surface area (Å²) in [4.78, 5) is 5.23. The predicted molar refractivity (Wildman–Crippen MR) is 102 cm³/mol. The molecule has 10 nitrogen and oxygen atoms in total. The number of aliphatic hydroxyl groups is 2. The Morgan fingerprint density at radius 3 is 1.37 bits per heavy atom. The molecule has 0 spiro atoms. The number of ether oxygens (including phenoxy) is 2. The molecule has 2 aromatic rings. The SMILES string of the molecule is [N-]=[N+]=N[C@@H](COc1ccc(F)cc1)[C@@H](O)[C@H](O)[C@H](COc1ccc(F)cc1)N=[N+]=[N-]. The monoisotopic (exact) mass is 420 g/mol. The first-order valence-corrected chi connectivity index (χ1v) is 8.66. The molecular weight excluding hydrogens is 402 g/mol. The average molecular weight is 420 g/mol. The van der Waals surface area contributed by atoms with Crippen molar-refractivity contribution >= 4 is 0 Å². The molecule has 0 aliphatic rings. The summed E-state index contributed by atoms with van der Waals surface area (Å²) in [6.07, 6.45) is -3.35. The topological polar surface area (TPSA) is 156 Å². The van der Waals surface area contributed by atoms with Crippen molar-refractivity contribution in [2.75, 3.05) is 13.2 Å². The van der Waals surface area contributed by atoms with Crippen molar-refractivity contribution in [2.45, 2.75) is 24.3 Å². The van der Waals surface area contributed by atoms with Gasteiger partial charge in [-0.3, -0.25) is 0 Å². The number of azide groups is 2. The zero-order valence-corrected chi connectivity index (χ0v) is 15.5. The molecule has 2 rings (SSSR count). The van der Waals surface area contributed by atoms with Gasteiger partial charge in [0, 0.05) is 9.82 Å². The zero-order chi connectivity index (χ0) is 21.9. The molecule has 0 radical (unpaired) electrons. The van der Waals surface area contributed by atoms with Crippen molar-refractivity contribution in [3.05, 3.63) is 81.1 Å². The summed E-state index contributed by atoms with van der Waals surface area (Å²) >= 11 is 0. The number of rotatable bonds is 11. The van der Waals surface area contributed by atoms with Crippen LogP contribution in [0.4, 0.5) is 8.78 Å². The van der Waals surface area contributed by atoms with Gasteiger partial charge >= 0.3 is 0 Å². The number of hydrogen-bond acceptors (Lipinski definition) is 6. The highest BCUT2D eigenvalue weighted by Gasteiger charge is 2.32. The molecule has 2 N–H and O–H groups in total. The number of nitrogens with zero attached hydrogens (tertiary/aromatic N) is 6. The molecule has 0 aliphatic heterocycles. The summed E-state index contributed by atoms with van der Waals surface area (Å²) in [5.74, 6) is -0.435. The Morgan fingerprint density at radius 2 is 1.07 bits per heavy atom. The molecule has 0 saturated heterocycles. The molecule has 12 heteroatoms. The summed E-state index contributed by atoms with van der Waals surface area (Å²) in [5, 5.41) is 27.6. The molecule has 2 aromatic carbocycles. The van der Waals surface area contributed by atoms with Crippen molar-refractivity contribution in [1.29, 1.82) is 0 Å². The first-order chi connectivity index (χ1) is 14.4. The van der Waals surface area contributed by atoms with Gasteiger partial charge in [0.2, 0.25) is 0 Å². The van der Waals surface area contributed by atoms with Gasteiger partial charge in [0.05, 0.1) is 37.5 Å². The fourth-order valence-electron chi connectivity index (χ4n) is 2.41. The minimum Gasteiger partial charge on any atom is -0.493 e. The van der Waals surface area contributed by atoms with Gasteiger partial charge in [-0.05, 0) is 59.6 Å². The Bertz CT molecular complexity index is 826. The molecule has 158 valence electrons. The summed E-state index contributed by atoms with van der Waals surface area (Å²) in [7, 11) is 0. The Balaban J connectivity index is 2.04. The highest BCUT2D eigenvalue weighted by molar-refractivity contribution is 5.23. The van der Waals surface area contributed by atoms with Gasteiger partial charge in [0.15, 0.2) is 0 Å². The fourth-order valence-corrected chi connectivity index (χ4v) is 2.41. The maximum absolute atomic E-state index is 13.0. The Hall–Kier alpha value is -3.56. The van der Waals surface area contributed by atoms with E-state index < -0.39 is 35.9 Å². The second-order valence-corrected chi connectivity index (χ2v) is 6.06. The summed E-state index contributed by atoms with van der Waals surface area (Å²) in [6.45, 7) is -0.675. The van der Waals surface area contributed by atoms with Crippen LogP contribution in [0.15, 0.2) is 58.8 Å². The van der Waals surface area contributed by atoms with Crippen LogP contribution in [-0.2, 0) is 0 Å². The van der Waals surface area contributed by atoms with E-state index in [-0.39, 0.29) is 24.7 Å². The number of hydrogen-bond donors (Lipinski definition) is 2. The van der Waals surface area contributed by atoms with Crippen LogP contribution in [0.5, 0.6) is 11.5 Å². The van der Waals surface area contributed by atoms with Crippen LogP contribution in [0.1, 0.15) is 0 Å². The average Bonchev–Trinajstić information content (AvgIpc) is 2.75. The third-order valence-corrected chi connectivity index (χ3v) is 4.01. The third kappa shape index (κ3) is 6.80. The lowest BCUT2D eigenvalue weighted by atomic mass is 10.0. The Kier molecular flexibility index (Phi) is 8.67. The zero-order valence-electron chi connectivity index (χ0n) is 15.5. The summed E-state index contributed by atoms with van der Waals surface area (Å²) in [6, 6.07) is 7.49. The van der Waals surface area contributed by atoms with Gasteiger partial charge in [-0.1, -0.05) is 10.2 Å². The lowest BCUT2D eigenvalue weighted by Crippen LogP contribution is -2.46. The molecule has 0 unspecified atom stereocenters. The highest BCUT2D eigenvalue weighted by Crippen LogP contribution is 2.17. The fraction of sp³-hybridized carbons (Fsp3) is 0.333. The van der Waals surface area contributed by atoms with E-state index in [1.165, 1.54) is 24.3 Å². The standard InChI is InChI=1S/C18H18F2N6O4/c19-11-1-5-13(6-2-11)29-9-15(23-25-21)17(27)18(28)16(24-26-22)10-30-14-7-3-12(20)4-8-14/h1-8,15-18,27-28H,9-10H2/t15-,16-,17+,18+/m0/s1. The van der Waals surface area contributed by atoms with Crippen LogP contribution in [0.3, 0.4) is 0 Å². The normalized spacial score (nSPS) is 14.4. The van der Waals surface area contributed by atoms with Crippen molar-refractivity contribution < 1.29 is 28.5 Å². The largest absolute Gasteiger partial charge is 0.493 e. The molecule has 0 bridgehead atoms. The van der Waals surface area contributed by atoms with Crippen LogP contribution >= 0.6 is 0 Å². The van der Waals surface area contributed by atoms with E-state index in [0.29, 0.717) is 0 Å². The van der Waals surface area contributed by atoms with E-state index in [1.807, 2.05) is 0 Å². The highest BCUT2D eigenvalue weighted by atomic mass is 19.1. The van der Waals surface area contributed by atoms with Gasteiger partial charge < -0.3 is 19.7 Å². The molecule has 4 atom stereocenters. The lowest BCUT2D eigenvalue weighted by molar-refractivity contribution is -0.0244. The number of benzene rings is 2. The van der Waals surface area contributed by atoms with E-state index in [4.69, 9.17) is 20.5 Å². The molecule has 0 heterocycles. The number of halogens is 2. The van der Waals surface area contributed by atoms with Crippen molar-refractivity contribution in [3.63, 3.8) is 0 Å². The van der Waals surface area contributed by atoms with E-state index >= 15 is 0 Å². The van der Waals surface area contributed by atoms with Crippen molar-refractivity contribution in [3.8, 4) is 11.5 Å². The summed E-state index contributed by atoms with van der Waals surface area (Å²) in [5.41, 5.74) is 17.5. The quantitative estimate of drug-likeness (QED) is 0.324. The molecule has 0 aliphatic carbocycles. The predicted octanol–water partition coefficient (Wildman–Crippen LogP) is 3.50. The molecule has 30 heavy (non-hydrogen) atoms. The van der Waals surface area contributed by atoms with Gasteiger partial charge in [0.1, 0.15) is 23.1 Å². The van der Waals surface area contributed by atoms with Gasteiger partial charge in [-0.15, -0.1) is 0 Å². The maximum Gasteiger partial charge on any atom is 0.123 e. The minimum absolute atomic E-state index is 0.252. The Morgan fingerprint density at radius 1 is 0.733 bits per heavy atom. The molecule has 0 saturated carbocycles. The van der Waals surface area contributed by atoms with E-state index in [0.717, 1.165) is 24.3 Å². The van der Waals surface area contributed by atoms with Gasteiger partial charge in [-0.25, -0.2) is 8.78 Å². The van der Waals surface area contributed by atoms with Gasteiger partial charge in [-0.2, -0.15) is 0 Å². The van der Waals surface area contributed by atoms with Crippen LogP contribution in [0, 0.1) is 11.6 Å². The van der Waals surface area contributed by atoms with Crippen molar-refractivity contribution in [2.24, 2.45) is 10.2 Å². The second kappa shape index (κ2) is 11.4. The Labute approximate surface area is 169 Å². The first kappa shape index (κ1) is 22.7. The third-order valence-electron chi connectivity index (χ3n) is 4.01. The lowest BCUT2D eigenvalue weighted by Gasteiger charge is -2.27. The van der Waals surface area contributed by atoms with Crippen LogP contribution < -0.4 is 9.47 Å². The van der Waals surface area contributed by atoms with Crippen molar-refractivity contribution in [1.82, 2.24) is 0 Å².